The number of hydrogen-bond donors (Lipinski definition) is 0. The van der Waals surface area contributed by atoms with Gasteiger partial charge in [-0.05, 0) is 49.5 Å². The van der Waals surface area contributed by atoms with Crippen molar-refractivity contribution in [1.82, 2.24) is 9.80 Å². The first-order valence-electron chi connectivity index (χ1n) is 9.35. The molecule has 0 aromatic heterocycles. The summed E-state index contributed by atoms with van der Waals surface area (Å²) >= 11 is 0. The van der Waals surface area contributed by atoms with Crippen LogP contribution in [0.3, 0.4) is 0 Å². The summed E-state index contributed by atoms with van der Waals surface area (Å²) in [6.45, 7) is 4.62. The third-order valence-electron chi connectivity index (χ3n) is 6.34. The van der Waals surface area contributed by atoms with Crippen LogP contribution in [0.25, 0.3) is 0 Å². The first kappa shape index (κ1) is 16.6. The van der Waals surface area contributed by atoms with Crippen LogP contribution < -0.4 is 4.74 Å². The third-order valence-corrected chi connectivity index (χ3v) is 6.34. The van der Waals surface area contributed by atoms with E-state index in [-0.39, 0.29) is 30.1 Å². The number of fused-ring (bicyclic) bond motifs is 2. The minimum absolute atomic E-state index is 0.182. The molecule has 5 nitrogen and oxygen atoms in total. The van der Waals surface area contributed by atoms with Crippen LogP contribution in [0.2, 0.25) is 0 Å². The molecule has 1 aromatic carbocycles. The summed E-state index contributed by atoms with van der Waals surface area (Å²) in [4.78, 5) is 29.3. The van der Waals surface area contributed by atoms with Gasteiger partial charge in [0.2, 0.25) is 5.78 Å². The maximum absolute atomic E-state index is 12.7. The molecule has 134 valence electrons. The van der Waals surface area contributed by atoms with Gasteiger partial charge in [-0.3, -0.25) is 14.5 Å². The van der Waals surface area contributed by atoms with E-state index < -0.39 is 0 Å². The zero-order valence-corrected chi connectivity index (χ0v) is 15.0. The number of ether oxygens (including phenoxy) is 1. The van der Waals surface area contributed by atoms with E-state index >= 15 is 0 Å². The zero-order valence-electron chi connectivity index (χ0n) is 15.0. The molecular weight excluding hydrogens is 316 g/mol. The van der Waals surface area contributed by atoms with Gasteiger partial charge in [-0.15, -0.1) is 0 Å². The van der Waals surface area contributed by atoms with Gasteiger partial charge in [0.05, 0.1) is 13.2 Å². The van der Waals surface area contributed by atoms with Crippen molar-refractivity contribution in [2.75, 3.05) is 26.7 Å². The molecule has 0 radical (unpaired) electrons. The average molecular weight is 342 g/mol. The van der Waals surface area contributed by atoms with Crippen molar-refractivity contribution in [3.63, 3.8) is 0 Å². The van der Waals surface area contributed by atoms with Crippen LogP contribution in [0.1, 0.15) is 37.7 Å². The van der Waals surface area contributed by atoms with Crippen molar-refractivity contribution in [1.29, 1.82) is 0 Å². The lowest BCUT2D eigenvalue weighted by Gasteiger charge is -2.51. The van der Waals surface area contributed by atoms with Crippen LogP contribution in [0, 0.1) is 5.92 Å². The van der Waals surface area contributed by atoms with E-state index in [1.807, 2.05) is 17.0 Å². The molecule has 4 heterocycles. The Kier molecular flexibility index (Phi) is 4.28. The predicted octanol–water partition coefficient (Wildman–Crippen LogP) is 2.06. The number of rotatable bonds is 4. The molecule has 3 atom stereocenters. The molecule has 0 unspecified atom stereocenters. The molecule has 0 N–H and O–H groups in total. The Labute approximate surface area is 148 Å². The number of hydrogen-bond acceptors (Lipinski definition) is 4. The highest BCUT2D eigenvalue weighted by Gasteiger charge is 2.55. The van der Waals surface area contributed by atoms with Crippen LogP contribution >= 0.6 is 0 Å². The Hall–Kier alpha value is -1.88. The molecule has 5 heteroatoms. The smallest absolute Gasteiger partial charge is 0.290 e. The van der Waals surface area contributed by atoms with Gasteiger partial charge in [-0.1, -0.05) is 19.1 Å². The monoisotopic (exact) mass is 342 g/mol. The molecule has 2 bridgehead atoms. The second-order valence-corrected chi connectivity index (χ2v) is 7.47. The summed E-state index contributed by atoms with van der Waals surface area (Å²) in [5.41, 5.74) is 1.21. The minimum atomic E-state index is -0.281. The number of amides is 1. The first-order chi connectivity index (χ1) is 12.1. The maximum Gasteiger partial charge on any atom is 0.290 e. The zero-order chi connectivity index (χ0) is 17.6. The van der Waals surface area contributed by atoms with E-state index in [0.717, 1.165) is 31.7 Å². The number of likely N-dealkylation sites (tertiary alicyclic amines) is 1. The van der Waals surface area contributed by atoms with Gasteiger partial charge >= 0.3 is 0 Å². The lowest BCUT2D eigenvalue weighted by atomic mass is 9.75. The number of Topliss-reactive ketones (excluding diaryl/α,β-unsaturated/α-hetero) is 1. The Morgan fingerprint density at radius 1 is 1.20 bits per heavy atom. The number of carbonyl (C=O) groups is 2. The average Bonchev–Trinajstić information content (AvgIpc) is 3.10. The van der Waals surface area contributed by atoms with Gasteiger partial charge in [0, 0.05) is 24.9 Å². The summed E-state index contributed by atoms with van der Waals surface area (Å²) in [7, 11) is 1.68. The normalized spacial score (nSPS) is 33.2. The van der Waals surface area contributed by atoms with Crippen molar-refractivity contribution in [2.45, 2.75) is 44.2 Å². The van der Waals surface area contributed by atoms with Gasteiger partial charge in [0.25, 0.3) is 5.91 Å². The molecule has 1 aromatic rings. The van der Waals surface area contributed by atoms with Crippen molar-refractivity contribution in [3.8, 4) is 5.75 Å². The van der Waals surface area contributed by atoms with Gasteiger partial charge in [0.1, 0.15) is 5.75 Å². The van der Waals surface area contributed by atoms with E-state index in [1.165, 1.54) is 5.56 Å². The Balaban J connectivity index is 1.70. The lowest BCUT2D eigenvalue weighted by Crippen LogP contribution is -2.61. The number of ketones is 1. The van der Waals surface area contributed by atoms with Crippen molar-refractivity contribution >= 4 is 11.7 Å². The number of benzene rings is 1. The van der Waals surface area contributed by atoms with E-state index in [2.05, 4.69) is 17.0 Å². The molecule has 5 rings (SSSR count). The van der Waals surface area contributed by atoms with Gasteiger partial charge < -0.3 is 9.64 Å². The maximum atomic E-state index is 12.7. The fraction of sp³-hybridized carbons (Fsp3) is 0.600. The summed E-state index contributed by atoms with van der Waals surface area (Å²) in [6.07, 6.45) is 2.55. The van der Waals surface area contributed by atoms with E-state index in [0.29, 0.717) is 18.5 Å². The lowest BCUT2D eigenvalue weighted by molar-refractivity contribution is -0.147. The van der Waals surface area contributed by atoms with E-state index in [4.69, 9.17) is 4.74 Å². The molecular formula is C20H26N2O3. The quantitative estimate of drug-likeness (QED) is 0.786. The van der Waals surface area contributed by atoms with Crippen LogP contribution in [-0.2, 0) is 9.59 Å². The van der Waals surface area contributed by atoms with Crippen molar-refractivity contribution in [3.05, 3.63) is 29.8 Å². The van der Waals surface area contributed by atoms with Gasteiger partial charge in [-0.25, -0.2) is 0 Å². The SMILES string of the molecule is CCC(=O)C(=O)N1C[C@H](c2cccc(OC)c2)[C@@H]2[C@H]1C1CCN2CC1. The summed E-state index contributed by atoms with van der Waals surface area (Å²) in [5, 5.41) is 0. The number of piperidine rings is 3. The summed E-state index contributed by atoms with van der Waals surface area (Å²) in [6, 6.07) is 8.69. The number of methoxy groups -OCH3 is 1. The summed E-state index contributed by atoms with van der Waals surface area (Å²) < 4.78 is 5.39. The Morgan fingerprint density at radius 3 is 2.64 bits per heavy atom. The Morgan fingerprint density at radius 2 is 1.96 bits per heavy atom. The standard InChI is InChI=1S/C20H26N2O3/c1-3-17(23)20(24)22-12-16(14-5-4-6-15(11-14)25-2)19-18(22)13-7-9-21(19)10-8-13/h4-6,11,13,16,18-19H,3,7-10,12H2,1-2H3/t16-,18-,19-/m1/s1. The van der Waals surface area contributed by atoms with Crippen molar-refractivity contribution < 1.29 is 14.3 Å². The third kappa shape index (κ3) is 2.65. The molecule has 0 spiro atoms. The number of carbonyl (C=O) groups excluding carboxylic acids is 2. The van der Waals surface area contributed by atoms with Crippen LogP contribution in [0.15, 0.2) is 24.3 Å². The molecule has 0 aliphatic carbocycles. The molecule has 4 fully saturated rings. The largest absolute Gasteiger partial charge is 0.497 e. The van der Waals surface area contributed by atoms with Gasteiger partial charge in [0.15, 0.2) is 0 Å². The molecule has 4 aliphatic rings. The first-order valence-corrected chi connectivity index (χ1v) is 9.35. The van der Waals surface area contributed by atoms with Gasteiger partial charge in [-0.2, -0.15) is 0 Å². The van der Waals surface area contributed by atoms with Crippen LogP contribution in [0.5, 0.6) is 5.75 Å². The second kappa shape index (κ2) is 6.45. The highest BCUT2D eigenvalue weighted by atomic mass is 16.5. The fourth-order valence-electron chi connectivity index (χ4n) is 5.13. The molecule has 4 saturated heterocycles. The minimum Gasteiger partial charge on any atom is -0.497 e. The highest BCUT2D eigenvalue weighted by Crippen LogP contribution is 2.46. The predicted molar refractivity (Wildman–Crippen MR) is 94.6 cm³/mol. The number of nitrogens with zero attached hydrogens (tertiary/aromatic N) is 2. The molecule has 25 heavy (non-hydrogen) atoms. The molecule has 0 saturated carbocycles. The highest BCUT2D eigenvalue weighted by molar-refractivity contribution is 6.36. The van der Waals surface area contributed by atoms with Crippen molar-refractivity contribution in [2.24, 2.45) is 5.92 Å². The van der Waals surface area contributed by atoms with Crippen LogP contribution in [0.4, 0.5) is 0 Å². The fourth-order valence-corrected chi connectivity index (χ4v) is 5.13. The van der Waals surface area contributed by atoms with Crippen LogP contribution in [-0.4, -0.2) is 60.3 Å². The second-order valence-electron chi connectivity index (χ2n) is 7.47. The van der Waals surface area contributed by atoms with E-state index in [9.17, 15) is 9.59 Å². The Bertz CT molecular complexity index is 681. The summed E-state index contributed by atoms with van der Waals surface area (Å²) in [5.74, 6) is 1.08. The molecule has 4 aliphatic heterocycles. The topological polar surface area (TPSA) is 49.9 Å². The molecule has 1 amide bonds. The van der Waals surface area contributed by atoms with E-state index in [1.54, 1.807) is 14.0 Å².